The van der Waals surface area contributed by atoms with Gasteiger partial charge >= 0.3 is 0 Å². The van der Waals surface area contributed by atoms with Gasteiger partial charge in [-0.2, -0.15) is 0 Å². The number of benzene rings is 2. The monoisotopic (exact) mass is 433 g/mol. The number of aryl methyl sites for hydroxylation is 1. The Bertz CT molecular complexity index is 1030. The average molecular weight is 434 g/mol. The van der Waals surface area contributed by atoms with Gasteiger partial charge in [0.05, 0.1) is 21.2 Å². The van der Waals surface area contributed by atoms with Crippen LogP contribution in [-0.2, 0) is 9.59 Å². The second kappa shape index (κ2) is 7.85. The van der Waals surface area contributed by atoms with Crippen LogP contribution in [0, 0.1) is 6.92 Å². The first-order chi connectivity index (χ1) is 13.6. The van der Waals surface area contributed by atoms with Crippen molar-refractivity contribution in [3.63, 3.8) is 0 Å². The SMILES string of the molecule is CC(=O)Nc1ccc(C)c(NC(=O)[C@@H](C)N2C(=O)c3cc(Cl)c(Cl)cc3C2=O)c1. The Balaban J connectivity index is 1.83. The predicted molar refractivity (Wildman–Crippen MR) is 111 cm³/mol. The minimum Gasteiger partial charge on any atom is -0.326 e. The first-order valence-electron chi connectivity index (χ1n) is 8.66. The lowest BCUT2D eigenvalue weighted by Gasteiger charge is -2.22. The zero-order valence-electron chi connectivity index (χ0n) is 15.8. The van der Waals surface area contributed by atoms with Crippen LogP contribution in [-0.4, -0.2) is 34.6 Å². The van der Waals surface area contributed by atoms with Gasteiger partial charge in [-0.05, 0) is 43.7 Å². The standard InChI is InChI=1S/C20H17Cl2N3O4/c1-9-4-5-12(23-11(3)26)6-17(9)24-18(27)10(2)25-19(28)13-7-15(21)16(22)8-14(13)20(25)29/h4-8,10H,1-3H3,(H,23,26)(H,24,27)/t10-/m1/s1. The van der Waals surface area contributed by atoms with E-state index in [0.29, 0.717) is 11.4 Å². The molecule has 29 heavy (non-hydrogen) atoms. The van der Waals surface area contributed by atoms with Gasteiger partial charge in [-0.1, -0.05) is 29.3 Å². The van der Waals surface area contributed by atoms with E-state index in [1.54, 1.807) is 25.1 Å². The highest BCUT2D eigenvalue weighted by Crippen LogP contribution is 2.32. The van der Waals surface area contributed by atoms with Crippen LogP contribution in [0.15, 0.2) is 30.3 Å². The number of anilines is 2. The molecule has 0 aliphatic carbocycles. The number of carbonyl (C=O) groups is 4. The summed E-state index contributed by atoms with van der Waals surface area (Å²) in [5.74, 6) is -2.03. The lowest BCUT2D eigenvalue weighted by atomic mass is 10.1. The van der Waals surface area contributed by atoms with Gasteiger partial charge in [0, 0.05) is 18.3 Å². The predicted octanol–water partition coefficient (Wildman–Crippen LogP) is 3.88. The van der Waals surface area contributed by atoms with E-state index in [9.17, 15) is 19.2 Å². The highest BCUT2D eigenvalue weighted by atomic mass is 35.5. The van der Waals surface area contributed by atoms with Crippen molar-refractivity contribution in [2.24, 2.45) is 0 Å². The van der Waals surface area contributed by atoms with E-state index in [-0.39, 0.29) is 27.1 Å². The van der Waals surface area contributed by atoms with Crippen LogP contribution in [0.25, 0.3) is 0 Å². The molecule has 0 fully saturated rings. The molecule has 1 atom stereocenters. The van der Waals surface area contributed by atoms with Crippen LogP contribution in [0.3, 0.4) is 0 Å². The maximum absolute atomic E-state index is 12.8. The molecule has 1 heterocycles. The number of nitrogens with one attached hydrogen (secondary N) is 2. The zero-order valence-corrected chi connectivity index (χ0v) is 17.3. The van der Waals surface area contributed by atoms with Crippen LogP contribution in [0.4, 0.5) is 11.4 Å². The normalized spacial score (nSPS) is 13.9. The topological polar surface area (TPSA) is 95.6 Å². The largest absolute Gasteiger partial charge is 0.326 e. The van der Waals surface area contributed by atoms with Crippen LogP contribution in [0.2, 0.25) is 10.0 Å². The van der Waals surface area contributed by atoms with E-state index < -0.39 is 23.8 Å². The number of rotatable bonds is 4. The first-order valence-corrected chi connectivity index (χ1v) is 9.41. The number of halogens is 2. The summed E-state index contributed by atoms with van der Waals surface area (Å²) in [4.78, 5) is 50.3. The number of fused-ring (bicyclic) bond motifs is 1. The van der Waals surface area contributed by atoms with Crippen molar-refractivity contribution in [2.45, 2.75) is 26.8 Å². The van der Waals surface area contributed by atoms with Gasteiger partial charge in [-0.25, -0.2) is 0 Å². The van der Waals surface area contributed by atoms with Gasteiger partial charge in [-0.3, -0.25) is 24.1 Å². The van der Waals surface area contributed by atoms with E-state index in [0.717, 1.165) is 10.5 Å². The molecule has 0 aromatic heterocycles. The lowest BCUT2D eigenvalue weighted by Crippen LogP contribution is -2.45. The maximum Gasteiger partial charge on any atom is 0.262 e. The van der Waals surface area contributed by atoms with E-state index in [4.69, 9.17) is 23.2 Å². The second-order valence-electron chi connectivity index (χ2n) is 6.67. The molecule has 0 spiro atoms. The highest BCUT2D eigenvalue weighted by Gasteiger charge is 2.41. The highest BCUT2D eigenvalue weighted by molar-refractivity contribution is 6.43. The van der Waals surface area contributed by atoms with Crippen molar-refractivity contribution in [1.82, 2.24) is 4.90 Å². The fourth-order valence-corrected chi connectivity index (χ4v) is 3.32. The molecule has 2 N–H and O–H groups in total. The molecular weight excluding hydrogens is 417 g/mol. The van der Waals surface area contributed by atoms with E-state index in [2.05, 4.69) is 10.6 Å². The number of nitrogens with zero attached hydrogens (tertiary/aromatic N) is 1. The minimum absolute atomic E-state index is 0.105. The molecule has 2 aromatic rings. The molecule has 0 bridgehead atoms. The molecule has 3 rings (SSSR count). The van der Waals surface area contributed by atoms with Crippen molar-refractivity contribution in [2.75, 3.05) is 10.6 Å². The summed E-state index contributed by atoms with van der Waals surface area (Å²) in [7, 11) is 0. The van der Waals surface area contributed by atoms with Crippen molar-refractivity contribution in [3.05, 3.63) is 57.1 Å². The third-order valence-electron chi connectivity index (χ3n) is 4.54. The van der Waals surface area contributed by atoms with E-state index in [1.165, 1.54) is 26.0 Å². The van der Waals surface area contributed by atoms with Gasteiger partial charge in [0.25, 0.3) is 11.8 Å². The molecule has 7 nitrogen and oxygen atoms in total. The fourth-order valence-electron chi connectivity index (χ4n) is 3.00. The molecule has 0 radical (unpaired) electrons. The Morgan fingerprint density at radius 3 is 2.03 bits per heavy atom. The third kappa shape index (κ3) is 3.97. The average Bonchev–Trinajstić information content (AvgIpc) is 2.87. The maximum atomic E-state index is 12.8. The number of carbonyl (C=O) groups excluding carboxylic acids is 4. The number of hydrogen-bond donors (Lipinski definition) is 2. The molecule has 0 saturated heterocycles. The molecule has 1 aliphatic heterocycles. The summed E-state index contributed by atoms with van der Waals surface area (Å²) in [6.07, 6.45) is 0. The Labute approximate surface area is 177 Å². The molecule has 2 aromatic carbocycles. The smallest absolute Gasteiger partial charge is 0.262 e. The summed E-state index contributed by atoms with van der Waals surface area (Å²) >= 11 is 11.9. The van der Waals surface area contributed by atoms with Gasteiger partial charge < -0.3 is 10.6 Å². The van der Waals surface area contributed by atoms with Crippen LogP contribution in [0.5, 0.6) is 0 Å². The number of imide groups is 1. The molecule has 1 aliphatic rings. The van der Waals surface area contributed by atoms with Crippen molar-refractivity contribution in [1.29, 1.82) is 0 Å². The minimum atomic E-state index is -1.08. The summed E-state index contributed by atoms with van der Waals surface area (Å²) < 4.78 is 0. The summed E-state index contributed by atoms with van der Waals surface area (Å²) in [6, 6.07) is 6.61. The molecule has 0 unspecified atom stereocenters. The van der Waals surface area contributed by atoms with E-state index in [1.807, 2.05) is 0 Å². The van der Waals surface area contributed by atoms with Crippen molar-refractivity contribution < 1.29 is 19.2 Å². The molecule has 0 saturated carbocycles. The van der Waals surface area contributed by atoms with Gasteiger partial charge in [0.1, 0.15) is 6.04 Å². The number of amides is 4. The fraction of sp³-hybridized carbons (Fsp3) is 0.200. The van der Waals surface area contributed by atoms with Gasteiger partial charge in [-0.15, -0.1) is 0 Å². The van der Waals surface area contributed by atoms with E-state index >= 15 is 0 Å². The second-order valence-corrected chi connectivity index (χ2v) is 7.48. The Morgan fingerprint density at radius 2 is 1.52 bits per heavy atom. The van der Waals surface area contributed by atoms with Crippen LogP contribution < -0.4 is 10.6 Å². The van der Waals surface area contributed by atoms with Gasteiger partial charge in [0.2, 0.25) is 11.8 Å². The zero-order chi connectivity index (χ0) is 21.5. The van der Waals surface area contributed by atoms with Gasteiger partial charge in [0.15, 0.2) is 0 Å². The molecule has 4 amide bonds. The third-order valence-corrected chi connectivity index (χ3v) is 5.26. The quantitative estimate of drug-likeness (QED) is 0.714. The number of hydrogen-bond acceptors (Lipinski definition) is 4. The molecule has 9 heteroatoms. The lowest BCUT2D eigenvalue weighted by molar-refractivity contribution is -0.119. The first kappa shape index (κ1) is 20.8. The summed E-state index contributed by atoms with van der Waals surface area (Å²) in [5.41, 5.74) is 1.92. The molecular formula is C20H17Cl2N3O4. The summed E-state index contributed by atoms with van der Waals surface area (Å²) in [5, 5.41) is 5.63. The molecule has 150 valence electrons. The van der Waals surface area contributed by atoms with Crippen molar-refractivity contribution in [3.8, 4) is 0 Å². The van der Waals surface area contributed by atoms with Crippen LogP contribution >= 0.6 is 23.2 Å². The Morgan fingerprint density at radius 1 is 0.966 bits per heavy atom. The van der Waals surface area contributed by atoms with Crippen LogP contribution in [0.1, 0.15) is 40.1 Å². The Hall–Kier alpha value is -2.90. The Kier molecular flexibility index (Phi) is 5.64. The van der Waals surface area contributed by atoms with Crippen molar-refractivity contribution >= 4 is 58.2 Å². The summed E-state index contributed by atoms with van der Waals surface area (Å²) in [6.45, 7) is 4.61.